The Morgan fingerprint density at radius 2 is 0.573 bits per heavy atom. The van der Waals surface area contributed by atoms with E-state index in [1.807, 2.05) is 6.08 Å². The molecular formula is C69H118O6. The van der Waals surface area contributed by atoms with Crippen LogP contribution in [-0.2, 0) is 28.6 Å². The summed E-state index contributed by atoms with van der Waals surface area (Å²) in [6.07, 6.45) is 84.4. The molecule has 0 aromatic carbocycles. The highest BCUT2D eigenvalue weighted by Gasteiger charge is 2.19. The molecule has 75 heavy (non-hydrogen) atoms. The van der Waals surface area contributed by atoms with Gasteiger partial charge >= 0.3 is 17.9 Å². The number of allylic oxidation sites excluding steroid dienone is 15. The lowest BCUT2D eigenvalue weighted by Crippen LogP contribution is -2.30. The van der Waals surface area contributed by atoms with Crippen LogP contribution in [-0.4, -0.2) is 37.2 Å². The van der Waals surface area contributed by atoms with Crippen molar-refractivity contribution < 1.29 is 28.6 Å². The van der Waals surface area contributed by atoms with Crippen molar-refractivity contribution in [2.24, 2.45) is 0 Å². The highest BCUT2D eigenvalue weighted by molar-refractivity contribution is 5.72. The van der Waals surface area contributed by atoms with Crippen LogP contribution in [0, 0.1) is 0 Å². The fourth-order valence-electron chi connectivity index (χ4n) is 8.88. The minimum absolute atomic E-state index is 0.110. The molecule has 0 aliphatic heterocycles. The van der Waals surface area contributed by atoms with Crippen LogP contribution in [0.15, 0.2) is 97.2 Å². The molecule has 430 valence electrons. The van der Waals surface area contributed by atoms with E-state index in [2.05, 4.69) is 106 Å². The van der Waals surface area contributed by atoms with E-state index in [4.69, 9.17) is 14.2 Å². The molecule has 0 saturated carbocycles. The minimum atomic E-state index is -0.821. The molecule has 6 nitrogen and oxygen atoms in total. The van der Waals surface area contributed by atoms with Crippen LogP contribution in [0.1, 0.15) is 303 Å². The van der Waals surface area contributed by atoms with Crippen molar-refractivity contribution in [2.45, 2.75) is 309 Å². The molecule has 0 radical (unpaired) electrons. The summed E-state index contributed by atoms with van der Waals surface area (Å²) in [5, 5.41) is 0. The summed E-state index contributed by atoms with van der Waals surface area (Å²) in [6, 6.07) is 0. The number of carbonyl (C=O) groups excluding carboxylic acids is 3. The van der Waals surface area contributed by atoms with Gasteiger partial charge in [-0.1, -0.05) is 298 Å². The van der Waals surface area contributed by atoms with Crippen LogP contribution < -0.4 is 0 Å². The topological polar surface area (TPSA) is 78.9 Å². The van der Waals surface area contributed by atoms with Crippen LogP contribution in [0.5, 0.6) is 0 Å². The third-order valence-corrected chi connectivity index (χ3v) is 13.6. The van der Waals surface area contributed by atoms with Crippen molar-refractivity contribution >= 4 is 17.9 Å². The van der Waals surface area contributed by atoms with Crippen molar-refractivity contribution in [3.63, 3.8) is 0 Å². The molecule has 0 spiro atoms. The predicted molar refractivity (Wildman–Crippen MR) is 325 cm³/mol. The number of esters is 3. The molecular weight excluding hydrogens is 925 g/mol. The number of hydrogen-bond acceptors (Lipinski definition) is 6. The zero-order valence-electron chi connectivity index (χ0n) is 49.3. The van der Waals surface area contributed by atoms with Gasteiger partial charge < -0.3 is 14.2 Å². The SMILES string of the molecule is CC/C=C\C/C=C\C/C=C\C/C=C\C/C=C\CC(=O)OCC(COC(=O)CCCCCCCCCC/C=C\C/C=C\C/C=C\CCCCCCC)OC(=O)CCCCCCCCCCCCCCCCCCCCC. The maximum atomic E-state index is 12.9. The summed E-state index contributed by atoms with van der Waals surface area (Å²) in [5.41, 5.74) is 0. The van der Waals surface area contributed by atoms with Crippen molar-refractivity contribution in [3.8, 4) is 0 Å². The Morgan fingerprint density at radius 1 is 0.293 bits per heavy atom. The second-order valence-electron chi connectivity index (χ2n) is 21.0. The fraction of sp³-hybridized carbons (Fsp3) is 0.725. The van der Waals surface area contributed by atoms with Gasteiger partial charge in [0, 0.05) is 12.8 Å². The Kier molecular flexibility index (Phi) is 59.8. The number of unbranched alkanes of at least 4 members (excludes halogenated alkanes) is 31. The summed E-state index contributed by atoms with van der Waals surface area (Å²) in [5.74, 6) is -1.04. The van der Waals surface area contributed by atoms with E-state index in [0.29, 0.717) is 12.8 Å². The number of ether oxygens (including phenoxy) is 3. The maximum absolute atomic E-state index is 12.9. The average Bonchev–Trinajstić information content (AvgIpc) is 3.41. The highest BCUT2D eigenvalue weighted by Crippen LogP contribution is 2.16. The van der Waals surface area contributed by atoms with Gasteiger partial charge in [0.2, 0.25) is 0 Å². The van der Waals surface area contributed by atoms with E-state index in [0.717, 1.165) is 89.9 Å². The quantitative estimate of drug-likeness (QED) is 0.0261. The smallest absolute Gasteiger partial charge is 0.309 e. The van der Waals surface area contributed by atoms with Crippen molar-refractivity contribution in [3.05, 3.63) is 97.2 Å². The number of carbonyl (C=O) groups is 3. The molecule has 1 atom stereocenters. The van der Waals surface area contributed by atoms with E-state index in [1.165, 1.54) is 173 Å². The molecule has 0 saturated heterocycles. The summed E-state index contributed by atoms with van der Waals surface area (Å²) >= 11 is 0. The minimum Gasteiger partial charge on any atom is -0.462 e. The zero-order valence-corrected chi connectivity index (χ0v) is 49.3. The molecule has 0 fully saturated rings. The summed E-state index contributed by atoms with van der Waals surface area (Å²) in [7, 11) is 0. The van der Waals surface area contributed by atoms with Crippen LogP contribution >= 0.6 is 0 Å². The summed E-state index contributed by atoms with van der Waals surface area (Å²) in [6.45, 7) is 6.45. The number of rotatable bonds is 57. The first-order chi connectivity index (χ1) is 37.0. The molecule has 0 bridgehead atoms. The molecule has 0 amide bonds. The normalized spacial score (nSPS) is 12.7. The molecule has 0 N–H and O–H groups in total. The lowest BCUT2D eigenvalue weighted by molar-refractivity contribution is -0.166. The van der Waals surface area contributed by atoms with Crippen molar-refractivity contribution in [1.82, 2.24) is 0 Å². The van der Waals surface area contributed by atoms with Gasteiger partial charge in [-0.25, -0.2) is 0 Å². The number of hydrogen-bond donors (Lipinski definition) is 0. The third kappa shape index (κ3) is 61.1. The standard InChI is InChI=1S/C69H118O6/c1-4-7-10-13-16-19-22-25-28-30-32-33-34-35-37-38-41-44-47-50-53-56-59-62-68(71)74-65-66(64-73-67(70)61-58-55-52-49-46-43-40-27-24-21-18-15-12-9-6-3)75-69(72)63-60-57-54-51-48-45-42-39-36-31-29-26-23-20-17-14-11-8-5-2/h9,12,18,21-22,25,27,30,32,34-35,40,46,49,55,58,66H,4-8,10-11,13-17,19-20,23-24,26,28-29,31,33,36-39,41-45,47-48,50-54,56-57,59-65H2,1-3H3/b12-9-,21-18-,25-22-,32-30-,35-34-,40-27-,49-46-,58-55-. The van der Waals surface area contributed by atoms with Gasteiger partial charge in [-0.2, -0.15) is 0 Å². The van der Waals surface area contributed by atoms with Gasteiger partial charge in [0.1, 0.15) is 13.2 Å². The fourth-order valence-corrected chi connectivity index (χ4v) is 8.88. The van der Waals surface area contributed by atoms with Gasteiger partial charge in [0.05, 0.1) is 6.42 Å². The van der Waals surface area contributed by atoms with Crippen LogP contribution in [0.2, 0.25) is 0 Å². The van der Waals surface area contributed by atoms with E-state index >= 15 is 0 Å². The molecule has 0 aromatic heterocycles. The molecule has 1 unspecified atom stereocenters. The Bertz CT molecular complexity index is 1480. The van der Waals surface area contributed by atoms with Crippen LogP contribution in [0.4, 0.5) is 0 Å². The Hall–Kier alpha value is -3.67. The molecule has 0 rings (SSSR count). The Balaban J connectivity index is 4.43. The highest BCUT2D eigenvalue weighted by atomic mass is 16.6. The van der Waals surface area contributed by atoms with Crippen molar-refractivity contribution in [1.29, 1.82) is 0 Å². The van der Waals surface area contributed by atoms with Gasteiger partial charge in [0.25, 0.3) is 0 Å². The maximum Gasteiger partial charge on any atom is 0.309 e. The van der Waals surface area contributed by atoms with Crippen molar-refractivity contribution in [2.75, 3.05) is 13.2 Å². The van der Waals surface area contributed by atoms with E-state index in [9.17, 15) is 14.4 Å². The summed E-state index contributed by atoms with van der Waals surface area (Å²) < 4.78 is 16.8. The third-order valence-electron chi connectivity index (χ3n) is 13.6. The molecule has 6 heteroatoms. The molecule has 0 aliphatic carbocycles. The first-order valence-electron chi connectivity index (χ1n) is 31.7. The summed E-state index contributed by atoms with van der Waals surface area (Å²) in [4.78, 5) is 38.2. The Morgan fingerprint density at radius 3 is 0.933 bits per heavy atom. The second-order valence-corrected chi connectivity index (χ2v) is 21.0. The van der Waals surface area contributed by atoms with Gasteiger partial charge in [-0.15, -0.1) is 0 Å². The first-order valence-corrected chi connectivity index (χ1v) is 31.7. The monoisotopic (exact) mass is 1040 g/mol. The van der Waals surface area contributed by atoms with Gasteiger partial charge in [-0.05, 0) is 83.5 Å². The van der Waals surface area contributed by atoms with E-state index in [1.54, 1.807) is 6.08 Å². The van der Waals surface area contributed by atoms with Gasteiger partial charge in [-0.3, -0.25) is 14.4 Å². The second kappa shape index (κ2) is 62.9. The van der Waals surface area contributed by atoms with E-state index < -0.39 is 12.1 Å². The van der Waals surface area contributed by atoms with E-state index in [-0.39, 0.29) is 31.6 Å². The largest absolute Gasteiger partial charge is 0.462 e. The van der Waals surface area contributed by atoms with Crippen LogP contribution in [0.25, 0.3) is 0 Å². The molecule has 0 aromatic rings. The zero-order chi connectivity index (χ0) is 54.3. The lowest BCUT2D eigenvalue weighted by atomic mass is 10.0. The molecule has 0 heterocycles. The Labute approximate surface area is 464 Å². The first kappa shape index (κ1) is 71.3. The van der Waals surface area contributed by atoms with Gasteiger partial charge in [0.15, 0.2) is 6.10 Å². The van der Waals surface area contributed by atoms with Crippen LogP contribution in [0.3, 0.4) is 0 Å². The average molecular weight is 1040 g/mol. The molecule has 0 aliphatic rings. The predicted octanol–water partition coefficient (Wildman–Crippen LogP) is 21.7. The lowest BCUT2D eigenvalue weighted by Gasteiger charge is -2.18.